The first-order chi connectivity index (χ1) is 9.66. The van der Waals surface area contributed by atoms with Crippen LogP contribution in [0.1, 0.15) is 10.4 Å². The summed E-state index contributed by atoms with van der Waals surface area (Å²) in [4.78, 5) is 18.4. The number of hydrogen-bond acceptors (Lipinski definition) is 5. The fraction of sp³-hybridized carbons (Fsp3) is 0.385. The lowest BCUT2D eigenvalue weighted by Gasteiger charge is -2.25. The van der Waals surface area contributed by atoms with Crippen LogP contribution in [0.4, 0.5) is 4.39 Å². The van der Waals surface area contributed by atoms with Crippen LogP contribution in [-0.2, 0) is 4.84 Å². The summed E-state index contributed by atoms with van der Waals surface area (Å²) in [6.45, 7) is 2.31. The van der Waals surface area contributed by atoms with Gasteiger partial charge in [0, 0.05) is 24.6 Å². The summed E-state index contributed by atoms with van der Waals surface area (Å²) < 4.78 is 13.3. The molecule has 20 heavy (non-hydrogen) atoms. The standard InChI is InChI=1S/C13H16FN3O2S/c14-11-4-2-1-3-10(11)13(18)19-16-12(15)9-17-5-7-20-8-6-17/h1-4H,5-9H2,(H2,15,16). The van der Waals surface area contributed by atoms with Crippen LogP contribution in [0.3, 0.4) is 0 Å². The van der Waals surface area contributed by atoms with Crippen molar-refractivity contribution < 1.29 is 14.0 Å². The van der Waals surface area contributed by atoms with Gasteiger partial charge in [-0.05, 0) is 12.1 Å². The Balaban J connectivity index is 1.88. The van der Waals surface area contributed by atoms with Crippen LogP contribution in [0.2, 0.25) is 0 Å². The van der Waals surface area contributed by atoms with E-state index in [9.17, 15) is 9.18 Å². The molecule has 1 heterocycles. The Kier molecular flexibility index (Phi) is 5.37. The molecule has 2 rings (SSSR count). The zero-order valence-corrected chi connectivity index (χ0v) is 11.7. The first-order valence-corrected chi connectivity index (χ1v) is 7.40. The zero-order valence-electron chi connectivity index (χ0n) is 10.9. The monoisotopic (exact) mass is 297 g/mol. The van der Waals surface area contributed by atoms with Gasteiger partial charge in [-0.25, -0.2) is 9.18 Å². The molecule has 2 N–H and O–H groups in total. The summed E-state index contributed by atoms with van der Waals surface area (Å²) in [7, 11) is 0. The highest BCUT2D eigenvalue weighted by atomic mass is 32.2. The minimum absolute atomic E-state index is 0.154. The van der Waals surface area contributed by atoms with Gasteiger partial charge in [-0.3, -0.25) is 4.90 Å². The first-order valence-electron chi connectivity index (χ1n) is 6.25. The predicted octanol–water partition coefficient (Wildman–Crippen LogP) is 1.30. The van der Waals surface area contributed by atoms with Crippen molar-refractivity contribution in [2.75, 3.05) is 31.1 Å². The number of hydrogen-bond donors (Lipinski definition) is 1. The third-order valence-electron chi connectivity index (χ3n) is 2.83. The molecule has 0 unspecified atom stereocenters. The fourth-order valence-electron chi connectivity index (χ4n) is 1.79. The Bertz CT molecular complexity index is 504. The van der Waals surface area contributed by atoms with E-state index in [1.54, 1.807) is 6.07 Å². The Labute approximate surface area is 120 Å². The van der Waals surface area contributed by atoms with Crippen molar-refractivity contribution in [3.05, 3.63) is 35.6 Å². The molecule has 1 aromatic rings. The largest absolute Gasteiger partial charge is 0.383 e. The van der Waals surface area contributed by atoms with Crippen LogP contribution >= 0.6 is 11.8 Å². The highest BCUT2D eigenvalue weighted by molar-refractivity contribution is 7.99. The quantitative estimate of drug-likeness (QED) is 0.393. The van der Waals surface area contributed by atoms with E-state index in [-0.39, 0.29) is 11.4 Å². The van der Waals surface area contributed by atoms with Crippen molar-refractivity contribution >= 4 is 23.6 Å². The molecule has 0 aliphatic carbocycles. The van der Waals surface area contributed by atoms with E-state index < -0.39 is 11.8 Å². The molecule has 7 heteroatoms. The van der Waals surface area contributed by atoms with Crippen LogP contribution in [0.5, 0.6) is 0 Å². The Hall–Kier alpha value is -1.60. The molecule has 0 atom stereocenters. The van der Waals surface area contributed by atoms with Gasteiger partial charge in [0.25, 0.3) is 0 Å². The van der Waals surface area contributed by atoms with Crippen molar-refractivity contribution in [1.82, 2.24) is 4.90 Å². The molecule has 1 aromatic carbocycles. The van der Waals surface area contributed by atoms with E-state index >= 15 is 0 Å². The normalized spacial score (nSPS) is 16.9. The van der Waals surface area contributed by atoms with Crippen LogP contribution in [0, 0.1) is 5.82 Å². The SMILES string of the molecule is N/C(CN1CCSCC1)=N/OC(=O)c1ccccc1F. The minimum atomic E-state index is -0.847. The molecular formula is C13H16FN3O2S. The number of carbonyl (C=O) groups excluding carboxylic acids is 1. The molecule has 1 aliphatic heterocycles. The summed E-state index contributed by atoms with van der Waals surface area (Å²) in [6.07, 6.45) is 0. The van der Waals surface area contributed by atoms with Gasteiger partial charge in [0.05, 0.1) is 12.1 Å². The van der Waals surface area contributed by atoms with E-state index in [1.807, 2.05) is 11.8 Å². The third-order valence-corrected chi connectivity index (χ3v) is 3.77. The second-order valence-electron chi connectivity index (χ2n) is 4.33. The van der Waals surface area contributed by atoms with Crippen LogP contribution in [0.25, 0.3) is 0 Å². The Morgan fingerprint density at radius 2 is 2.10 bits per heavy atom. The number of nitrogens with zero attached hydrogens (tertiary/aromatic N) is 2. The highest BCUT2D eigenvalue weighted by Crippen LogP contribution is 2.09. The summed E-state index contributed by atoms with van der Waals surface area (Å²) in [5.74, 6) is 0.839. The van der Waals surface area contributed by atoms with Crippen molar-refractivity contribution in [2.24, 2.45) is 10.9 Å². The van der Waals surface area contributed by atoms with Gasteiger partial charge >= 0.3 is 5.97 Å². The van der Waals surface area contributed by atoms with E-state index in [4.69, 9.17) is 5.73 Å². The number of carbonyl (C=O) groups is 1. The van der Waals surface area contributed by atoms with Gasteiger partial charge in [-0.2, -0.15) is 11.8 Å². The molecule has 108 valence electrons. The number of benzene rings is 1. The second kappa shape index (κ2) is 7.25. The molecule has 0 radical (unpaired) electrons. The van der Waals surface area contributed by atoms with E-state index in [1.165, 1.54) is 18.2 Å². The lowest BCUT2D eigenvalue weighted by molar-refractivity contribution is 0.0508. The Morgan fingerprint density at radius 1 is 1.40 bits per heavy atom. The Morgan fingerprint density at radius 3 is 2.80 bits per heavy atom. The van der Waals surface area contributed by atoms with Gasteiger partial charge in [-0.15, -0.1) is 0 Å². The van der Waals surface area contributed by atoms with Crippen LogP contribution < -0.4 is 5.73 Å². The molecule has 0 aromatic heterocycles. The topological polar surface area (TPSA) is 67.9 Å². The molecule has 5 nitrogen and oxygen atoms in total. The number of amidine groups is 1. The zero-order chi connectivity index (χ0) is 14.4. The second-order valence-corrected chi connectivity index (χ2v) is 5.55. The van der Waals surface area contributed by atoms with Gasteiger partial charge in [0.15, 0.2) is 5.84 Å². The summed E-state index contributed by atoms with van der Waals surface area (Å²) in [6, 6.07) is 5.58. The molecule has 1 saturated heterocycles. The molecular weight excluding hydrogens is 281 g/mol. The van der Waals surface area contributed by atoms with E-state index in [0.29, 0.717) is 6.54 Å². The molecule has 1 aliphatic rings. The average Bonchev–Trinajstić information content (AvgIpc) is 2.46. The van der Waals surface area contributed by atoms with Crippen molar-refractivity contribution in [3.63, 3.8) is 0 Å². The van der Waals surface area contributed by atoms with Gasteiger partial charge in [0.2, 0.25) is 0 Å². The summed E-state index contributed by atoms with van der Waals surface area (Å²) in [5, 5.41) is 3.57. The summed E-state index contributed by atoms with van der Waals surface area (Å²) >= 11 is 1.89. The lowest BCUT2D eigenvalue weighted by atomic mass is 10.2. The maximum Gasteiger partial charge on any atom is 0.368 e. The average molecular weight is 297 g/mol. The number of oxime groups is 1. The smallest absolute Gasteiger partial charge is 0.368 e. The molecule has 0 amide bonds. The first kappa shape index (κ1) is 14.8. The summed E-state index contributed by atoms with van der Waals surface area (Å²) in [5.41, 5.74) is 5.55. The molecule has 0 saturated carbocycles. The van der Waals surface area contributed by atoms with E-state index in [2.05, 4.69) is 14.9 Å². The number of thioether (sulfide) groups is 1. The van der Waals surface area contributed by atoms with Gasteiger partial charge in [0.1, 0.15) is 5.82 Å². The maximum atomic E-state index is 13.3. The van der Waals surface area contributed by atoms with Gasteiger partial charge < -0.3 is 10.6 Å². The predicted molar refractivity (Wildman–Crippen MR) is 77.2 cm³/mol. The molecule has 0 spiro atoms. The van der Waals surface area contributed by atoms with Crippen molar-refractivity contribution in [2.45, 2.75) is 0 Å². The van der Waals surface area contributed by atoms with Crippen molar-refractivity contribution in [3.8, 4) is 0 Å². The number of halogens is 1. The van der Waals surface area contributed by atoms with Crippen molar-refractivity contribution in [1.29, 1.82) is 0 Å². The van der Waals surface area contributed by atoms with Gasteiger partial charge in [-0.1, -0.05) is 17.3 Å². The fourth-order valence-corrected chi connectivity index (χ4v) is 2.77. The number of nitrogens with two attached hydrogens (primary N) is 1. The third kappa shape index (κ3) is 4.21. The van der Waals surface area contributed by atoms with Crippen LogP contribution in [0.15, 0.2) is 29.4 Å². The lowest BCUT2D eigenvalue weighted by Crippen LogP contribution is -2.39. The highest BCUT2D eigenvalue weighted by Gasteiger charge is 2.14. The number of rotatable bonds is 4. The minimum Gasteiger partial charge on any atom is -0.383 e. The van der Waals surface area contributed by atoms with E-state index in [0.717, 1.165) is 24.6 Å². The van der Waals surface area contributed by atoms with Crippen LogP contribution in [-0.4, -0.2) is 47.8 Å². The maximum absolute atomic E-state index is 13.3. The molecule has 0 bridgehead atoms. The molecule has 1 fully saturated rings.